The molecule has 0 aliphatic carbocycles. The molecule has 0 aliphatic rings. The molecule has 0 aliphatic heterocycles. The topological polar surface area (TPSA) is 122 Å². The number of rotatable bonds is 7. The van der Waals surface area contributed by atoms with E-state index in [2.05, 4.69) is 25.0 Å². The van der Waals surface area contributed by atoms with Crippen LogP contribution in [0.5, 0.6) is 0 Å². The smallest absolute Gasteiger partial charge is 0.241 e. The summed E-state index contributed by atoms with van der Waals surface area (Å²) in [7, 11) is -1.83. The van der Waals surface area contributed by atoms with Crippen LogP contribution >= 0.6 is 0 Å². The second-order valence-corrected chi connectivity index (χ2v) is 8.99. The van der Waals surface area contributed by atoms with Gasteiger partial charge in [0.15, 0.2) is 0 Å². The second-order valence-electron chi connectivity index (χ2n) is 7.31. The lowest BCUT2D eigenvalue weighted by molar-refractivity contribution is 0.208. The lowest BCUT2D eigenvalue weighted by atomic mass is 10.1. The number of aromatic nitrogens is 4. The van der Waals surface area contributed by atoms with E-state index < -0.39 is 15.6 Å². The van der Waals surface area contributed by atoms with Crippen molar-refractivity contribution in [2.45, 2.75) is 31.2 Å². The largest absolute Gasteiger partial charge is 0.394 e. The Morgan fingerprint density at radius 1 is 1.14 bits per heavy atom. The van der Waals surface area contributed by atoms with Crippen molar-refractivity contribution in [1.82, 2.24) is 24.2 Å². The number of anilines is 2. The van der Waals surface area contributed by atoms with Crippen LogP contribution in [0.1, 0.15) is 19.7 Å². The Balaban J connectivity index is 1.78. The molecule has 154 valence electrons. The second kappa shape index (κ2) is 7.90. The molecule has 2 aromatic heterocycles. The average Bonchev–Trinajstić information content (AvgIpc) is 3.00. The Bertz CT molecular complexity index is 1110. The zero-order valence-corrected chi connectivity index (χ0v) is 17.5. The van der Waals surface area contributed by atoms with E-state index in [1.54, 1.807) is 44.4 Å². The van der Waals surface area contributed by atoms with Gasteiger partial charge in [0.05, 0.1) is 34.6 Å². The highest BCUT2D eigenvalue weighted by Crippen LogP contribution is 2.21. The normalized spacial score (nSPS) is 12.2. The predicted molar refractivity (Wildman–Crippen MR) is 110 cm³/mol. The van der Waals surface area contributed by atoms with E-state index in [0.717, 1.165) is 17.2 Å². The predicted octanol–water partition coefficient (Wildman–Crippen LogP) is 1.98. The van der Waals surface area contributed by atoms with Crippen molar-refractivity contribution >= 4 is 21.7 Å². The number of aliphatic hydroxyl groups is 1. The van der Waals surface area contributed by atoms with E-state index in [1.165, 1.54) is 12.1 Å². The minimum atomic E-state index is -3.74. The molecule has 0 fully saturated rings. The van der Waals surface area contributed by atoms with Gasteiger partial charge in [-0.05, 0) is 51.1 Å². The monoisotopic (exact) mass is 416 g/mol. The summed E-state index contributed by atoms with van der Waals surface area (Å²) in [6.07, 6.45) is 3.40. The number of hydrogen-bond donors (Lipinski definition) is 3. The summed E-state index contributed by atoms with van der Waals surface area (Å²) < 4.78 is 29.3. The van der Waals surface area contributed by atoms with Crippen molar-refractivity contribution < 1.29 is 13.5 Å². The van der Waals surface area contributed by atoms with Gasteiger partial charge in [0.25, 0.3) is 0 Å². The Morgan fingerprint density at radius 2 is 1.83 bits per heavy atom. The molecule has 0 amide bonds. The summed E-state index contributed by atoms with van der Waals surface area (Å²) in [4.78, 5) is 13.1. The molecule has 29 heavy (non-hydrogen) atoms. The molecule has 0 bridgehead atoms. The summed E-state index contributed by atoms with van der Waals surface area (Å²) in [6.45, 7) is 4.81. The van der Waals surface area contributed by atoms with Gasteiger partial charge in [-0.3, -0.25) is 0 Å². The highest BCUT2D eigenvalue weighted by Gasteiger charge is 2.25. The number of nitrogens with zero attached hydrogens (tertiary/aromatic N) is 4. The lowest BCUT2D eigenvalue weighted by Crippen LogP contribution is -2.46. The summed E-state index contributed by atoms with van der Waals surface area (Å²) in [6, 6.07) is 8.01. The summed E-state index contributed by atoms with van der Waals surface area (Å²) in [5.74, 6) is 1.26. The van der Waals surface area contributed by atoms with Gasteiger partial charge in [0, 0.05) is 18.9 Å². The molecular weight excluding hydrogens is 392 g/mol. The van der Waals surface area contributed by atoms with E-state index in [0.29, 0.717) is 11.6 Å². The SMILES string of the molecule is Cc1ncc(-c2ccnc(Nc3ccc(S(=O)(=O)NC(C)(C)CO)cc3)n2)n1C. The zero-order valence-electron chi connectivity index (χ0n) is 16.7. The van der Waals surface area contributed by atoms with Gasteiger partial charge >= 0.3 is 0 Å². The molecule has 0 saturated carbocycles. The van der Waals surface area contributed by atoms with Gasteiger partial charge in [-0.25, -0.2) is 28.1 Å². The molecule has 3 N–H and O–H groups in total. The fourth-order valence-electron chi connectivity index (χ4n) is 2.60. The van der Waals surface area contributed by atoms with Crippen LogP contribution in [0.2, 0.25) is 0 Å². The number of nitrogens with one attached hydrogen (secondary N) is 2. The van der Waals surface area contributed by atoms with Crippen LogP contribution in [0.25, 0.3) is 11.4 Å². The molecule has 2 heterocycles. The van der Waals surface area contributed by atoms with Gasteiger partial charge in [0.1, 0.15) is 5.82 Å². The van der Waals surface area contributed by atoms with Crippen LogP contribution in [0.4, 0.5) is 11.6 Å². The van der Waals surface area contributed by atoms with E-state index in [9.17, 15) is 13.5 Å². The first-order valence-electron chi connectivity index (χ1n) is 8.95. The van der Waals surface area contributed by atoms with E-state index >= 15 is 0 Å². The number of aryl methyl sites for hydroxylation is 1. The molecule has 3 rings (SSSR count). The fraction of sp³-hybridized carbons (Fsp3) is 0.316. The third-order valence-electron chi connectivity index (χ3n) is 4.37. The molecule has 10 heteroatoms. The summed E-state index contributed by atoms with van der Waals surface area (Å²) in [5.41, 5.74) is 1.28. The van der Waals surface area contributed by atoms with Crippen LogP contribution in [0.3, 0.4) is 0 Å². The van der Waals surface area contributed by atoms with Gasteiger partial charge < -0.3 is 15.0 Å². The minimum absolute atomic E-state index is 0.101. The maximum Gasteiger partial charge on any atom is 0.241 e. The van der Waals surface area contributed by atoms with Crippen molar-refractivity contribution in [3.05, 3.63) is 48.5 Å². The van der Waals surface area contributed by atoms with Crippen molar-refractivity contribution in [2.75, 3.05) is 11.9 Å². The van der Waals surface area contributed by atoms with E-state index in [-0.39, 0.29) is 11.5 Å². The molecule has 0 atom stereocenters. The van der Waals surface area contributed by atoms with Crippen LogP contribution in [-0.2, 0) is 17.1 Å². The number of sulfonamides is 1. The highest BCUT2D eigenvalue weighted by molar-refractivity contribution is 7.89. The summed E-state index contributed by atoms with van der Waals surface area (Å²) >= 11 is 0. The third kappa shape index (κ3) is 4.78. The maximum atomic E-state index is 12.4. The van der Waals surface area contributed by atoms with Gasteiger partial charge in [-0.2, -0.15) is 0 Å². The van der Waals surface area contributed by atoms with Crippen LogP contribution in [0, 0.1) is 6.92 Å². The first kappa shape index (κ1) is 20.9. The lowest BCUT2D eigenvalue weighted by Gasteiger charge is -2.23. The zero-order chi connectivity index (χ0) is 21.2. The average molecular weight is 417 g/mol. The number of hydrogen-bond acceptors (Lipinski definition) is 7. The Morgan fingerprint density at radius 3 is 2.41 bits per heavy atom. The standard InChI is InChI=1S/C19H24N6O3S/c1-13-21-11-17(25(13)4)16-9-10-20-18(23-16)22-14-5-7-15(8-6-14)29(27,28)24-19(2,3)12-26/h5-11,24,26H,12H2,1-4H3,(H,20,22,23). The van der Waals surface area contributed by atoms with Crippen LogP contribution in [-0.4, -0.2) is 45.2 Å². The van der Waals surface area contributed by atoms with E-state index in [1.807, 2.05) is 18.5 Å². The van der Waals surface area contributed by atoms with Gasteiger partial charge in [-0.1, -0.05) is 0 Å². The van der Waals surface area contributed by atoms with Gasteiger partial charge in [0.2, 0.25) is 16.0 Å². The fourth-order valence-corrected chi connectivity index (χ4v) is 4.01. The first-order chi connectivity index (χ1) is 13.6. The molecule has 0 unspecified atom stereocenters. The third-order valence-corrected chi connectivity index (χ3v) is 6.08. The molecular formula is C19H24N6O3S. The Hall–Kier alpha value is -2.82. The van der Waals surface area contributed by atoms with Crippen molar-refractivity contribution in [3.8, 4) is 11.4 Å². The Labute approximate surface area is 169 Å². The molecule has 9 nitrogen and oxygen atoms in total. The number of imidazole rings is 1. The Kier molecular flexibility index (Phi) is 5.69. The molecule has 0 spiro atoms. The van der Waals surface area contributed by atoms with Crippen LogP contribution in [0.15, 0.2) is 47.6 Å². The molecule has 0 radical (unpaired) electrons. The van der Waals surface area contributed by atoms with Gasteiger partial charge in [-0.15, -0.1) is 0 Å². The summed E-state index contributed by atoms with van der Waals surface area (Å²) in [5, 5.41) is 12.4. The number of aliphatic hydroxyl groups excluding tert-OH is 1. The minimum Gasteiger partial charge on any atom is -0.394 e. The van der Waals surface area contributed by atoms with Crippen molar-refractivity contribution in [3.63, 3.8) is 0 Å². The first-order valence-corrected chi connectivity index (χ1v) is 10.4. The molecule has 0 saturated heterocycles. The molecule has 1 aromatic carbocycles. The highest BCUT2D eigenvalue weighted by atomic mass is 32.2. The van der Waals surface area contributed by atoms with Crippen molar-refractivity contribution in [1.29, 1.82) is 0 Å². The maximum absolute atomic E-state index is 12.4. The quantitative estimate of drug-likeness (QED) is 0.538. The van der Waals surface area contributed by atoms with Crippen molar-refractivity contribution in [2.24, 2.45) is 7.05 Å². The van der Waals surface area contributed by atoms with Crippen LogP contribution < -0.4 is 10.0 Å². The molecule has 3 aromatic rings. The number of benzene rings is 1. The van der Waals surface area contributed by atoms with E-state index in [4.69, 9.17) is 0 Å².